The summed E-state index contributed by atoms with van der Waals surface area (Å²) in [7, 11) is 0. The Morgan fingerprint density at radius 3 is 1.89 bits per heavy atom. The molecule has 3 heterocycles. The number of anilines is 3. The highest BCUT2D eigenvalue weighted by Crippen LogP contribution is 2.48. The first-order chi connectivity index (χ1) is 22.3. The Morgan fingerprint density at radius 2 is 1.13 bits per heavy atom. The lowest BCUT2D eigenvalue weighted by atomic mass is 10.00. The van der Waals surface area contributed by atoms with Gasteiger partial charge in [-0.25, -0.2) is 9.97 Å². The number of rotatable bonds is 5. The van der Waals surface area contributed by atoms with E-state index in [4.69, 9.17) is 9.97 Å². The largest absolute Gasteiger partial charge is 0.306 e. The fourth-order valence-corrected chi connectivity index (χ4v) is 6.77. The van der Waals surface area contributed by atoms with Crippen LogP contribution in [0.5, 0.6) is 0 Å². The molecule has 0 amide bonds. The molecule has 6 aromatic carbocycles. The SMILES string of the molecule is CCc1nc2cc(-c3ccc(-c4nc5ccccc5n4-c4ccccc4)cc3)cc3c2n1-c1ccccc1N3c1ccccc1. The van der Waals surface area contributed by atoms with Crippen molar-refractivity contribution in [1.82, 2.24) is 19.1 Å². The van der Waals surface area contributed by atoms with Gasteiger partial charge in [0.05, 0.1) is 39.1 Å². The summed E-state index contributed by atoms with van der Waals surface area (Å²) in [6, 6.07) is 51.4. The standard InChI is InChI=1S/C40H29N5/c1-2-38-41-33-25-29(26-37-39(33)45(38)36-20-12-11-19-35(36)43(37)30-13-5-3-6-14-30)27-21-23-28(24-22-27)40-42-32-17-9-10-18-34(32)44(40)31-15-7-4-8-16-31/h3-26H,2H2,1H3. The number of fused-ring (bicyclic) bond motifs is 3. The molecule has 5 nitrogen and oxygen atoms in total. The second-order valence-corrected chi connectivity index (χ2v) is 11.4. The van der Waals surface area contributed by atoms with E-state index in [1.54, 1.807) is 0 Å². The van der Waals surface area contributed by atoms with Crippen LogP contribution in [0.2, 0.25) is 0 Å². The van der Waals surface area contributed by atoms with Crippen molar-refractivity contribution in [1.29, 1.82) is 0 Å². The number of nitrogens with zero attached hydrogens (tertiary/aromatic N) is 5. The fourth-order valence-electron chi connectivity index (χ4n) is 6.77. The number of para-hydroxylation sites is 6. The van der Waals surface area contributed by atoms with Crippen LogP contribution in [0, 0.1) is 0 Å². The zero-order valence-electron chi connectivity index (χ0n) is 24.8. The van der Waals surface area contributed by atoms with E-state index in [1.165, 1.54) is 0 Å². The molecule has 1 aliphatic rings. The number of imidazole rings is 2. The van der Waals surface area contributed by atoms with Gasteiger partial charge in [-0.3, -0.25) is 9.13 Å². The van der Waals surface area contributed by atoms with E-state index in [0.717, 1.165) is 85.3 Å². The summed E-state index contributed by atoms with van der Waals surface area (Å²) in [4.78, 5) is 12.6. The molecule has 0 saturated carbocycles. The summed E-state index contributed by atoms with van der Waals surface area (Å²) in [5.41, 5.74) is 13.2. The minimum atomic E-state index is 0.847. The maximum atomic E-state index is 5.17. The summed E-state index contributed by atoms with van der Waals surface area (Å²) >= 11 is 0. The maximum absolute atomic E-state index is 5.17. The Morgan fingerprint density at radius 1 is 0.489 bits per heavy atom. The molecular weight excluding hydrogens is 550 g/mol. The van der Waals surface area contributed by atoms with Crippen molar-refractivity contribution in [3.63, 3.8) is 0 Å². The second-order valence-electron chi connectivity index (χ2n) is 11.4. The van der Waals surface area contributed by atoms with E-state index in [2.05, 4.69) is 154 Å². The minimum absolute atomic E-state index is 0.847. The number of hydrogen-bond donors (Lipinski definition) is 0. The van der Waals surface area contributed by atoms with Gasteiger partial charge in [0.25, 0.3) is 0 Å². The lowest BCUT2D eigenvalue weighted by Crippen LogP contribution is -2.19. The zero-order chi connectivity index (χ0) is 29.9. The Hall–Kier alpha value is -5.94. The first-order valence-corrected chi connectivity index (χ1v) is 15.4. The molecule has 1 aliphatic heterocycles. The van der Waals surface area contributed by atoms with Crippen LogP contribution >= 0.6 is 0 Å². The van der Waals surface area contributed by atoms with Crippen molar-refractivity contribution in [2.45, 2.75) is 13.3 Å². The zero-order valence-corrected chi connectivity index (χ0v) is 24.8. The Balaban J connectivity index is 1.21. The topological polar surface area (TPSA) is 38.9 Å². The highest BCUT2D eigenvalue weighted by molar-refractivity contribution is 6.03. The van der Waals surface area contributed by atoms with Gasteiger partial charge < -0.3 is 4.90 Å². The lowest BCUT2D eigenvalue weighted by Gasteiger charge is -2.33. The van der Waals surface area contributed by atoms with Crippen LogP contribution in [0.25, 0.3) is 56.0 Å². The van der Waals surface area contributed by atoms with Gasteiger partial charge >= 0.3 is 0 Å². The summed E-state index contributed by atoms with van der Waals surface area (Å²) < 4.78 is 4.59. The van der Waals surface area contributed by atoms with Crippen LogP contribution in [0.3, 0.4) is 0 Å². The van der Waals surface area contributed by atoms with E-state index in [9.17, 15) is 0 Å². The Bertz CT molecular complexity index is 2350. The third kappa shape index (κ3) is 3.94. The van der Waals surface area contributed by atoms with E-state index in [1.807, 2.05) is 12.1 Å². The first-order valence-electron chi connectivity index (χ1n) is 15.4. The van der Waals surface area contributed by atoms with Gasteiger partial charge in [0.2, 0.25) is 0 Å². The molecular formula is C40H29N5. The molecule has 0 unspecified atom stereocenters. The van der Waals surface area contributed by atoms with Crippen LogP contribution in [0.1, 0.15) is 12.7 Å². The number of hydrogen-bond acceptors (Lipinski definition) is 3. The van der Waals surface area contributed by atoms with E-state index in [-0.39, 0.29) is 0 Å². The van der Waals surface area contributed by atoms with Gasteiger partial charge in [0.15, 0.2) is 0 Å². The molecule has 9 rings (SSSR count). The van der Waals surface area contributed by atoms with Crippen LogP contribution in [-0.2, 0) is 6.42 Å². The fraction of sp³-hybridized carbons (Fsp3) is 0.0500. The smallest absolute Gasteiger partial charge is 0.145 e. The van der Waals surface area contributed by atoms with E-state index in [0.29, 0.717) is 0 Å². The van der Waals surface area contributed by atoms with Crippen LogP contribution in [0.4, 0.5) is 17.1 Å². The Labute approximate surface area is 261 Å². The molecule has 5 heteroatoms. The van der Waals surface area contributed by atoms with Crippen molar-refractivity contribution >= 4 is 39.1 Å². The van der Waals surface area contributed by atoms with E-state index >= 15 is 0 Å². The van der Waals surface area contributed by atoms with Crippen molar-refractivity contribution in [3.05, 3.63) is 151 Å². The van der Waals surface area contributed by atoms with Crippen molar-refractivity contribution in [2.24, 2.45) is 0 Å². The predicted octanol–water partition coefficient (Wildman–Crippen LogP) is 10.0. The molecule has 0 N–H and O–H groups in total. The van der Waals surface area contributed by atoms with Gasteiger partial charge in [0.1, 0.15) is 11.6 Å². The van der Waals surface area contributed by atoms with Gasteiger partial charge in [-0.15, -0.1) is 0 Å². The second kappa shape index (κ2) is 10.1. The molecule has 2 aromatic heterocycles. The average molecular weight is 580 g/mol. The van der Waals surface area contributed by atoms with Gasteiger partial charge in [0, 0.05) is 23.4 Å². The molecule has 0 spiro atoms. The summed E-state index contributed by atoms with van der Waals surface area (Å²) in [5.74, 6) is 2.00. The molecule has 0 saturated heterocycles. The van der Waals surface area contributed by atoms with Gasteiger partial charge in [-0.2, -0.15) is 0 Å². The monoisotopic (exact) mass is 579 g/mol. The third-order valence-electron chi connectivity index (χ3n) is 8.79. The molecule has 0 atom stereocenters. The highest BCUT2D eigenvalue weighted by atomic mass is 15.2. The first kappa shape index (κ1) is 25.5. The molecule has 0 radical (unpaired) electrons. The molecule has 0 aliphatic carbocycles. The van der Waals surface area contributed by atoms with Gasteiger partial charge in [-0.1, -0.05) is 91.9 Å². The average Bonchev–Trinajstić information content (AvgIpc) is 3.69. The Kier molecular flexibility index (Phi) is 5.72. The van der Waals surface area contributed by atoms with Crippen LogP contribution in [0.15, 0.2) is 146 Å². The maximum Gasteiger partial charge on any atom is 0.145 e. The molecule has 0 fully saturated rings. The summed E-state index contributed by atoms with van der Waals surface area (Å²) in [6.45, 7) is 2.18. The van der Waals surface area contributed by atoms with Crippen molar-refractivity contribution < 1.29 is 0 Å². The number of benzene rings is 6. The highest BCUT2D eigenvalue weighted by Gasteiger charge is 2.29. The normalized spacial score (nSPS) is 12.2. The summed E-state index contributed by atoms with van der Waals surface area (Å²) in [6.07, 6.45) is 0.847. The number of aromatic nitrogens is 4. The third-order valence-corrected chi connectivity index (χ3v) is 8.79. The molecule has 214 valence electrons. The quantitative estimate of drug-likeness (QED) is 0.204. The number of aryl methyl sites for hydroxylation is 1. The lowest BCUT2D eigenvalue weighted by molar-refractivity contribution is 0.900. The predicted molar refractivity (Wildman–Crippen MR) is 184 cm³/mol. The molecule has 0 bridgehead atoms. The minimum Gasteiger partial charge on any atom is -0.306 e. The van der Waals surface area contributed by atoms with Crippen molar-refractivity contribution in [3.8, 4) is 33.9 Å². The van der Waals surface area contributed by atoms with Gasteiger partial charge in [-0.05, 0) is 71.8 Å². The van der Waals surface area contributed by atoms with Crippen LogP contribution in [-0.4, -0.2) is 19.1 Å². The van der Waals surface area contributed by atoms with Crippen LogP contribution < -0.4 is 4.90 Å². The molecule has 8 aromatic rings. The molecule has 45 heavy (non-hydrogen) atoms. The van der Waals surface area contributed by atoms with E-state index < -0.39 is 0 Å². The summed E-state index contributed by atoms with van der Waals surface area (Å²) in [5, 5.41) is 0. The van der Waals surface area contributed by atoms with Crippen molar-refractivity contribution in [2.75, 3.05) is 4.90 Å².